The Bertz CT molecular complexity index is 1080. The highest BCUT2D eigenvalue weighted by Gasteiger charge is 2.25. The molecule has 2 amide bonds. The van der Waals surface area contributed by atoms with Gasteiger partial charge in [0.2, 0.25) is 5.91 Å². The van der Waals surface area contributed by atoms with Crippen molar-refractivity contribution in [3.05, 3.63) is 48.0 Å². The summed E-state index contributed by atoms with van der Waals surface area (Å²) in [5, 5.41) is 0. The number of benzene rings is 2. The van der Waals surface area contributed by atoms with Crippen molar-refractivity contribution < 1.29 is 22.7 Å². The van der Waals surface area contributed by atoms with Crippen molar-refractivity contribution in [3.63, 3.8) is 0 Å². The van der Waals surface area contributed by atoms with E-state index in [0.717, 1.165) is 42.7 Å². The quantitative estimate of drug-likeness (QED) is 0.731. The van der Waals surface area contributed by atoms with Gasteiger partial charge in [-0.2, -0.15) is 0 Å². The molecule has 2 aliphatic rings. The molecular weight excluding hydrogens is 404 g/mol. The van der Waals surface area contributed by atoms with Gasteiger partial charge < -0.3 is 14.5 Å². The van der Waals surface area contributed by atoms with E-state index in [2.05, 4.69) is 0 Å². The number of hydrogen-bond donors (Lipinski definition) is 0. The van der Waals surface area contributed by atoms with E-state index in [1.165, 1.54) is 6.26 Å². The molecule has 0 atom stereocenters. The SMILES string of the molecule is CS(=O)(=O)c1ccc2c(c1)CCCN2C(=O)COc1ccc(N2CCCC2=O)cc1. The zero-order valence-corrected chi connectivity index (χ0v) is 17.7. The first kappa shape index (κ1) is 20.4. The van der Waals surface area contributed by atoms with E-state index in [0.29, 0.717) is 18.7 Å². The Hall–Kier alpha value is -2.87. The van der Waals surface area contributed by atoms with E-state index in [-0.39, 0.29) is 23.3 Å². The van der Waals surface area contributed by atoms with Crippen LogP contribution in [-0.2, 0) is 25.8 Å². The minimum Gasteiger partial charge on any atom is -0.484 e. The third kappa shape index (κ3) is 4.18. The number of carbonyl (C=O) groups is 2. The highest BCUT2D eigenvalue weighted by atomic mass is 32.2. The zero-order chi connectivity index (χ0) is 21.3. The molecule has 2 aliphatic heterocycles. The lowest BCUT2D eigenvalue weighted by Crippen LogP contribution is -2.38. The van der Waals surface area contributed by atoms with Crippen molar-refractivity contribution in [3.8, 4) is 5.75 Å². The van der Waals surface area contributed by atoms with Gasteiger partial charge in [-0.15, -0.1) is 0 Å². The standard InChI is InChI=1S/C22H24N2O5S/c1-30(27,28)19-10-11-20-16(14-19)4-2-13-24(20)22(26)15-29-18-8-6-17(7-9-18)23-12-3-5-21(23)25/h6-11,14H,2-5,12-13,15H2,1H3. The second-order valence-electron chi connectivity index (χ2n) is 7.64. The smallest absolute Gasteiger partial charge is 0.264 e. The summed E-state index contributed by atoms with van der Waals surface area (Å²) in [7, 11) is -3.29. The lowest BCUT2D eigenvalue weighted by Gasteiger charge is -2.29. The maximum absolute atomic E-state index is 12.8. The number of anilines is 2. The number of ether oxygens (including phenoxy) is 1. The Morgan fingerprint density at radius 1 is 1.03 bits per heavy atom. The summed E-state index contributed by atoms with van der Waals surface area (Å²) in [6.07, 6.45) is 4.13. The van der Waals surface area contributed by atoms with Crippen LogP contribution in [0.2, 0.25) is 0 Å². The Labute approximate surface area is 176 Å². The second kappa shape index (κ2) is 8.10. The van der Waals surface area contributed by atoms with E-state index in [1.54, 1.807) is 40.1 Å². The molecule has 1 saturated heterocycles. The molecule has 30 heavy (non-hydrogen) atoms. The number of sulfone groups is 1. The van der Waals surface area contributed by atoms with Gasteiger partial charge in [0, 0.05) is 37.1 Å². The molecule has 4 rings (SSSR count). The van der Waals surface area contributed by atoms with E-state index >= 15 is 0 Å². The number of fused-ring (bicyclic) bond motifs is 1. The summed E-state index contributed by atoms with van der Waals surface area (Å²) in [5.41, 5.74) is 2.44. The first-order valence-electron chi connectivity index (χ1n) is 9.99. The molecule has 0 N–H and O–H groups in total. The first-order valence-corrected chi connectivity index (χ1v) is 11.9. The summed E-state index contributed by atoms with van der Waals surface area (Å²) >= 11 is 0. The van der Waals surface area contributed by atoms with Crippen molar-refractivity contribution in [2.45, 2.75) is 30.6 Å². The van der Waals surface area contributed by atoms with E-state index in [4.69, 9.17) is 4.74 Å². The second-order valence-corrected chi connectivity index (χ2v) is 9.66. The number of nitrogens with zero attached hydrogens (tertiary/aromatic N) is 2. The molecule has 0 aliphatic carbocycles. The van der Waals surface area contributed by atoms with Crippen LogP contribution in [0.25, 0.3) is 0 Å². The van der Waals surface area contributed by atoms with E-state index in [1.807, 2.05) is 12.1 Å². The molecule has 0 radical (unpaired) electrons. The number of aryl methyl sites for hydroxylation is 1. The molecular formula is C22H24N2O5S. The van der Waals surface area contributed by atoms with Gasteiger partial charge in [-0.1, -0.05) is 0 Å². The largest absolute Gasteiger partial charge is 0.484 e. The lowest BCUT2D eigenvalue weighted by molar-refractivity contribution is -0.120. The monoisotopic (exact) mass is 428 g/mol. The molecule has 2 heterocycles. The van der Waals surface area contributed by atoms with Crippen LogP contribution in [0.3, 0.4) is 0 Å². The van der Waals surface area contributed by atoms with Crippen LogP contribution in [0.5, 0.6) is 5.75 Å². The van der Waals surface area contributed by atoms with Crippen LogP contribution in [0.1, 0.15) is 24.8 Å². The average molecular weight is 429 g/mol. The molecule has 0 saturated carbocycles. The summed E-state index contributed by atoms with van der Waals surface area (Å²) in [6.45, 7) is 1.19. The van der Waals surface area contributed by atoms with Crippen molar-refractivity contribution >= 4 is 33.0 Å². The molecule has 1 fully saturated rings. The van der Waals surface area contributed by atoms with Gasteiger partial charge in [-0.05, 0) is 67.3 Å². The molecule has 2 aromatic rings. The van der Waals surface area contributed by atoms with Crippen molar-refractivity contribution in [2.24, 2.45) is 0 Å². The predicted molar refractivity (Wildman–Crippen MR) is 114 cm³/mol. The Kier molecular flexibility index (Phi) is 5.51. The van der Waals surface area contributed by atoms with Crippen LogP contribution < -0.4 is 14.5 Å². The predicted octanol–water partition coefficient (Wildman–Crippen LogP) is 2.58. The normalized spacial score (nSPS) is 16.5. The molecule has 158 valence electrons. The fourth-order valence-corrected chi connectivity index (χ4v) is 4.60. The van der Waals surface area contributed by atoms with Crippen molar-refractivity contribution in [1.29, 1.82) is 0 Å². The van der Waals surface area contributed by atoms with Gasteiger partial charge in [0.05, 0.1) is 4.90 Å². The van der Waals surface area contributed by atoms with Crippen LogP contribution in [0, 0.1) is 0 Å². The van der Waals surface area contributed by atoms with Gasteiger partial charge >= 0.3 is 0 Å². The maximum Gasteiger partial charge on any atom is 0.264 e. The van der Waals surface area contributed by atoms with Gasteiger partial charge in [0.1, 0.15) is 5.75 Å². The Balaban J connectivity index is 1.42. The Morgan fingerprint density at radius 3 is 2.43 bits per heavy atom. The number of carbonyl (C=O) groups excluding carboxylic acids is 2. The molecule has 2 aromatic carbocycles. The van der Waals surface area contributed by atoms with Crippen molar-refractivity contribution in [1.82, 2.24) is 0 Å². The van der Waals surface area contributed by atoms with Gasteiger partial charge in [-0.3, -0.25) is 9.59 Å². The third-order valence-corrected chi connectivity index (χ3v) is 6.59. The van der Waals surface area contributed by atoms with E-state index in [9.17, 15) is 18.0 Å². The third-order valence-electron chi connectivity index (χ3n) is 5.48. The van der Waals surface area contributed by atoms with Gasteiger partial charge in [-0.25, -0.2) is 8.42 Å². The van der Waals surface area contributed by atoms with Crippen LogP contribution >= 0.6 is 0 Å². The fraction of sp³-hybridized carbons (Fsp3) is 0.364. The summed E-state index contributed by atoms with van der Waals surface area (Å²) < 4.78 is 29.3. The maximum atomic E-state index is 12.8. The molecule has 0 bridgehead atoms. The number of rotatable bonds is 5. The first-order chi connectivity index (χ1) is 14.3. The highest BCUT2D eigenvalue weighted by Crippen LogP contribution is 2.30. The Morgan fingerprint density at radius 2 is 1.77 bits per heavy atom. The molecule has 7 nitrogen and oxygen atoms in total. The van der Waals surface area contributed by atoms with Crippen LogP contribution in [0.4, 0.5) is 11.4 Å². The minimum absolute atomic E-state index is 0.116. The van der Waals surface area contributed by atoms with Crippen LogP contribution in [0.15, 0.2) is 47.4 Å². The van der Waals surface area contributed by atoms with E-state index < -0.39 is 9.84 Å². The summed E-state index contributed by atoms with van der Waals surface area (Å²) in [4.78, 5) is 28.3. The molecule has 0 unspecified atom stereocenters. The molecule has 8 heteroatoms. The average Bonchev–Trinajstić information content (AvgIpc) is 3.16. The summed E-state index contributed by atoms with van der Waals surface area (Å²) in [6, 6.07) is 12.1. The highest BCUT2D eigenvalue weighted by molar-refractivity contribution is 7.90. The molecule has 0 spiro atoms. The summed E-state index contributed by atoms with van der Waals surface area (Å²) in [5.74, 6) is 0.506. The van der Waals surface area contributed by atoms with Crippen LogP contribution in [-0.4, -0.2) is 46.2 Å². The number of hydrogen-bond acceptors (Lipinski definition) is 5. The topological polar surface area (TPSA) is 84.0 Å². The molecule has 0 aromatic heterocycles. The van der Waals surface area contributed by atoms with Gasteiger partial charge in [0.25, 0.3) is 5.91 Å². The lowest BCUT2D eigenvalue weighted by atomic mass is 10.0. The number of amides is 2. The zero-order valence-electron chi connectivity index (χ0n) is 16.8. The van der Waals surface area contributed by atoms with Gasteiger partial charge in [0.15, 0.2) is 16.4 Å². The fourth-order valence-electron chi connectivity index (χ4n) is 3.93. The van der Waals surface area contributed by atoms with Crippen molar-refractivity contribution in [2.75, 3.05) is 35.8 Å². The minimum atomic E-state index is -3.29.